The van der Waals surface area contributed by atoms with Crippen molar-refractivity contribution >= 4 is 16.8 Å². The SMILES string of the molecule is N#Cc1cc2cc(-c3ccc(C(=O)N4CCN(CC5(N)CCC5)CC4)cc3)ccc2[nH]1. The zero-order chi connectivity index (χ0) is 21.4. The van der Waals surface area contributed by atoms with Gasteiger partial charge < -0.3 is 15.6 Å². The number of amides is 1. The van der Waals surface area contributed by atoms with Gasteiger partial charge >= 0.3 is 0 Å². The zero-order valence-electron chi connectivity index (χ0n) is 17.6. The van der Waals surface area contributed by atoms with E-state index >= 15 is 0 Å². The van der Waals surface area contributed by atoms with E-state index in [1.165, 1.54) is 6.42 Å². The Bertz CT molecular complexity index is 1140. The summed E-state index contributed by atoms with van der Waals surface area (Å²) in [5, 5.41) is 10.1. The van der Waals surface area contributed by atoms with E-state index in [-0.39, 0.29) is 11.4 Å². The number of hydrogen-bond acceptors (Lipinski definition) is 4. The second-order valence-corrected chi connectivity index (χ2v) is 8.96. The average Bonchev–Trinajstić information content (AvgIpc) is 3.21. The van der Waals surface area contributed by atoms with Gasteiger partial charge in [0.05, 0.1) is 0 Å². The molecule has 31 heavy (non-hydrogen) atoms. The number of nitrogens with one attached hydrogen (secondary N) is 1. The first-order valence-corrected chi connectivity index (χ1v) is 11.0. The summed E-state index contributed by atoms with van der Waals surface area (Å²) in [4.78, 5) is 20.4. The van der Waals surface area contributed by atoms with Gasteiger partial charge in [-0.15, -0.1) is 0 Å². The Morgan fingerprint density at radius 2 is 1.74 bits per heavy atom. The minimum Gasteiger partial charge on any atom is -0.346 e. The molecular formula is C25H27N5O. The Morgan fingerprint density at radius 3 is 2.39 bits per heavy atom. The van der Waals surface area contributed by atoms with Crippen molar-refractivity contribution in [2.45, 2.75) is 24.8 Å². The van der Waals surface area contributed by atoms with Gasteiger partial charge in [0, 0.05) is 54.7 Å². The van der Waals surface area contributed by atoms with Crippen LogP contribution in [0, 0.1) is 11.3 Å². The molecule has 5 rings (SSSR count). The smallest absolute Gasteiger partial charge is 0.253 e. The summed E-state index contributed by atoms with van der Waals surface area (Å²) in [7, 11) is 0. The van der Waals surface area contributed by atoms with E-state index in [2.05, 4.69) is 22.0 Å². The molecule has 2 heterocycles. The number of fused-ring (bicyclic) bond motifs is 1. The Labute approximate surface area is 182 Å². The second kappa shape index (κ2) is 7.84. The summed E-state index contributed by atoms with van der Waals surface area (Å²) in [6, 6.07) is 17.9. The maximum Gasteiger partial charge on any atom is 0.253 e. The van der Waals surface area contributed by atoms with Gasteiger partial charge in [-0.1, -0.05) is 18.2 Å². The number of nitriles is 1. The number of carbonyl (C=O) groups excluding carboxylic acids is 1. The van der Waals surface area contributed by atoms with E-state index in [1.54, 1.807) is 0 Å². The molecule has 2 aromatic carbocycles. The molecule has 1 amide bonds. The Morgan fingerprint density at radius 1 is 1.03 bits per heavy atom. The normalized spacial score (nSPS) is 18.5. The van der Waals surface area contributed by atoms with Crippen LogP contribution >= 0.6 is 0 Å². The molecule has 6 nitrogen and oxygen atoms in total. The summed E-state index contributed by atoms with van der Waals surface area (Å²) < 4.78 is 0. The highest BCUT2D eigenvalue weighted by Crippen LogP contribution is 2.30. The highest BCUT2D eigenvalue weighted by molar-refractivity contribution is 5.95. The number of carbonyl (C=O) groups is 1. The third-order valence-corrected chi connectivity index (χ3v) is 6.75. The van der Waals surface area contributed by atoms with Crippen LogP contribution in [0.15, 0.2) is 48.5 Å². The topological polar surface area (TPSA) is 89.2 Å². The van der Waals surface area contributed by atoms with Crippen molar-refractivity contribution in [1.82, 2.24) is 14.8 Å². The van der Waals surface area contributed by atoms with Crippen molar-refractivity contribution in [1.29, 1.82) is 5.26 Å². The predicted molar refractivity (Wildman–Crippen MR) is 122 cm³/mol. The zero-order valence-corrected chi connectivity index (χ0v) is 17.6. The second-order valence-electron chi connectivity index (χ2n) is 8.96. The Balaban J connectivity index is 1.24. The number of H-pyrrole nitrogens is 1. The largest absolute Gasteiger partial charge is 0.346 e. The summed E-state index contributed by atoms with van der Waals surface area (Å²) in [6.45, 7) is 4.24. The standard InChI is InChI=1S/C25H27N5O/c26-16-22-15-21-14-20(6-7-23(21)28-22)18-2-4-19(5-3-18)24(31)30-12-10-29(11-13-30)17-25(27)8-1-9-25/h2-7,14-15,28H,1,8-13,17,27H2. The highest BCUT2D eigenvalue weighted by Gasteiger charge is 2.35. The quantitative estimate of drug-likeness (QED) is 0.686. The fourth-order valence-electron chi connectivity index (χ4n) is 4.70. The van der Waals surface area contributed by atoms with Gasteiger partial charge in [-0.3, -0.25) is 9.69 Å². The number of nitrogens with zero attached hydrogens (tertiary/aromatic N) is 3. The summed E-state index contributed by atoms with van der Waals surface area (Å²) in [6.07, 6.45) is 3.48. The van der Waals surface area contributed by atoms with Crippen LogP contribution in [0.25, 0.3) is 22.0 Å². The van der Waals surface area contributed by atoms with Crippen LogP contribution in [0.5, 0.6) is 0 Å². The number of piperazine rings is 1. The molecule has 0 radical (unpaired) electrons. The van der Waals surface area contributed by atoms with E-state index in [9.17, 15) is 4.79 Å². The summed E-state index contributed by atoms with van der Waals surface area (Å²) in [5.41, 5.74) is 10.7. The van der Waals surface area contributed by atoms with Gasteiger partial charge in [0.25, 0.3) is 5.91 Å². The molecule has 1 aliphatic carbocycles. The van der Waals surface area contributed by atoms with Gasteiger partial charge in [0.2, 0.25) is 0 Å². The molecule has 0 bridgehead atoms. The molecule has 6 heteroatoms. The molecular weight excluding hydrogens is 386 g/mol. The Hall–Kier alpha value is -3.14. The third-order valence-electron chi connectivity index (χ3n) is 6.75. The van der Waals surface area contributed by atoms with Crippen LogP contribution in [-0.2, 0) is 0 Å². The van der Waals surface area contributed by atoms with E-state index in [1.807, 2.05) is 47.4 Å². The monoisotopic (exact) mass is 413 g/mol. The van der Waals surface area contributed by atoms with Crippen molar-refractivity contribution in [3.05, 3.63) is 59.8 Å². The van der Waals surface area contributed by atoms with E-state index in [0.717, 1.165) is 73.2 Å². The van der Waals surface area contributed by atoms with Crippen LogP contribution in [0.4, 0.5) is 0 Å². The number of rotatable bonds is 4. The minimum atomic E-state index is 0.00158. The van der Waals surface area contributed by atoms with Crippen molar-refractivity contribution in [3.8, 4) is 17.2 Å². The van der Waals surface area contributed by atoms with E-state index in [0.29, 0.717) is 5.69 Å². The molecule has 2 fully saturated rings. The summed E-state index contributed by atoms with van der Waals surface area (Å²) >= 11 is 0. The molecule has 1 aliphatic heterocycles. The maximum absolute atomic E-state index is 13.0. The summed E-state index contributed by atoms with van der Waals surface area (Å²) in [5.74, 6) is 0.0945. The number of aromatic amines is 1. The van der Waals surface area contributed by atoms with Crippen molar-refractivity contribution in [3.63, 3.8) is 0 Å². The first-order chi connectivity index (χ1) is 15.0. The van der Waals surface area contributed by atoms with Crippen LogP contribution in [-0.4, -0.2) is 59.0 Å². The molecule has 1 saturated carbocycles. The number of aromatic nitrogens is 1. The van der Waals surface area contributed by atoms with Crippen molar-refractivity contribution < 1.29 is 4.79 Å². The number of hydrogen-bond donors (Lipinski definition) is 2. The lowest BCUT2D eigenvalue weighted by Gasteiger charge is -2.44. The first-order valence-electron chi connectivity index (χ1n) is 11.0. The Kier molecular flexibility index (Phi) is 5.01. The third kappa shape index (κ3) is 3.95. The molecule has 0 unspecified atom stereocenters. The molecule has 0 atom stereocenters. The lowest BCUT2D eigenvalue weighted by Crippen LogP contribution is -2.58. The van der Waals surface area contributed by atoms with Gasteiger partial charge in [-0.05, 0) is 60.7 Å². The maximum atomic E-state index is 13.0. The molecule has 3 aromatic rings. The fourth-order valence-corrected chi connectivity index (χ4v) is 4.70. The lowest BCUT2D eigenvalue weighted by molar-refractivity contribution is 0.0561. The average molecular weight is 414 g/mol. The molecule has 2 aliphatic rings. The van der Waals surface area contributed by atoms with Crippen LogP contribution in [0.3, 0.4) is 0 Å². The van der Waals surface area contributed by atoms with Crippen LogP contribution in [0.2, 0.25) is 0 Å². The number of benzene rings is 2. The van der Waals surface area contributed by atoms with Gasteiger partial charge in [0.15, 0.2) is 0 Å². The van der Waals surface area contributed by atoms with E-state index in [4.69, 9.17) is 11.0 Å². The van der Waals surface area contributed by atoms with Gasteiger partial charge in [0.1, 0.15) is 11.8 Å². The molecule has 158 valence electrons. The van der Waals surface area contributed by atoms with Gasteiger partial charge in [-0.2, -0.15) is 5.26 Å². The molecule has 3 N–H and O–H groups in total. The van der Waals surface area contributed by atoms with Gasteiger partial charge in [-0.25, -0.2) is 0 Å². The van der Waals surface area contributed by atoms with Crippen molar-refractivity contribution in [2.75, 3.05) is 32.7 Å². The predicted octanol–water partition coefficient (Wildman–Crippen LogP) is 3.35. The molecule has 0 spiro atoms. The highest BCUT2D eigenvalue weighted by atomic mass is 16.2. The van der Waals surface area contributed by atoms with Crippen LogP contribution < -0.4 is 5.73 Å². The fraction of sp³-hybridized carbons (Fsp3) is 0.360. The number of nitrogens with two attached hydrogens (primary N) is 1. The first kappa shape index (κ1) is 19.8. The van der Waals surface area contributed by atoms with Crippen molar-refractivity contribution in [2.24, 2.45) is 5.73 Å². The lowest BCUT2D eigenvalue weighted by atomic mass is 9.77. The molecule has 1 aromatic heterocycles. The van der Waals surface area contributed by atoms with Crippen LogP contribution in [0.1, 0.15) is 35.3 Å². The minimum absolute atomic E-state index is 0.00158. The van der Waals surface area contributed by atoms with E-state index < -0.39 is 0 Å². The molecule has 1 saturated heterocycles.